The molecule has 5 aliphatic rings. The lowest BCUT2D eigenvalue weighted by Crippen LogP contribution is -2.69. The number of carbonyl (C=O) groups is 3. The zero-order valence-corrected chi connectivity index (χ0v) is 31.0. The Labute approximate surface area is 283 Å². The molecule has 1 aliphatic heterocycles. The quantitative estimate of drug-likeness (QED) is 0.272. The molecule has 0 aromatic carbocycles. The van der Waals surface area contributed by atoms with Crippen LogP contribution in [0.2, 0.25) is 0 Å². The summed E-state index contributed by atoms with van der Waals surface area (Å²) in [6.07, 6.45) is 5.58. The Balaban J connectivity index is 1.64. The number of rotatable bonds is 8. The molecule has 5 rings (SSSR count). The van der Waals surface area contributed by atoms with Crippen molar-refractivity contribution in [1.82, 2.24) is 0 Å². The van der Waals surface area contributed by atoms with Crippen LogP contribution in [-0.4, -0.2) is 60.4 Å². The number of carboxylic acids is 1. The Bertz CT molecular complexity index is 1310. The first-order chi connectivity index (χ1) is 21.6. The molecule has 0 amide bonds. The van der Waals surface area contributed by atoms with Gasteiger partial charge in [-0.25, -0.2) is 0 Å². The van der Waals surface area contributed by atoms with E-state index in [0.29, 0.717) is 32.2 Å². The minimum Gasteiger partial charge on any atom is -0.481 e. The number of ether oxygens (including phenoxy) is 3. The second-order valence-electron chi connectivity index (χ2n) is 18.3. The van der Waals surface area contributed by atoms with Crippen LogP contribution < -0.4 is 5.73 Å². The number of carbonyl (C=O) groups excluding carboxylic acids is 2. The van der Waals surface area contributed by atoms with Crippen molar-refractivity contribution < 1.29 is 33.7 Å². The van der Waals surface area contributed by atoms with Gasteiger partial charge in [0.1, 0.15) is 12.2 Å². The number of nitrogens with two attached hydrogens (primary N) is 1. The highest BCUT2D eigenvalue weighted by atomic mass is 16.6. The third-order valence-electron chi connectivity index (χ3n) is 15.5. The zero-order chi connectivity index (χ0) is 35.1. The molecule has 8 heteroatoms. The third kappa shape index (κ3) is 5.19. The summed E-state index contributed by atoms with van der Waals surface area (Å²) < 4.78 is 19.3. The van der Waals surface area contributed by atoms with Crippen LogP contribution >= 0.6 is 0 Å². The molecule has 3 N–H and O–H groups in total. The molecule has 12 atom stereocenters. The third-order valence-corrected chi connectivity index (χ3v) is 15.5. The van der Waals surface area contributed by atoms with E-state index in [4.69, 9.17) is 19.9 Å². The van der Waals surface area contributed by atoms with Crippen LogP contribution in [0.4, 0.5) is 0 Å². The van der Waals surface area contributed by atoms with Crippen LogP contribution in [0.1, 0.15) is 115 Å². The smallest absolute Gasteiger partial charge is 0.308 e. The summed E-state index contributed by atoms with van der Waals surface area (Å²) in [7, 11) is 0. The Hall–Kier alpha value is -1.77. The predicted octanol–water partition coefficient (Wildman–Crippen LogP) is 6.83. The van der Waals surface area contributed by atoms with Crippen molar-refractivity contribution in [3.05, 3.63) is 11.6 Å². The van der Waals surface area contributed by atoms with Gasteiger partial charge in [-0.3, -0.25) is 14.4 Å². The highest BCUT2D eigenvalue weighted by Gasteiger charge is 2.73. The fraction of sp³-hybridized carbons (Fsp3) is 0.872. The van der Waals surface area contributed by atoms with Crippen LogP contribution in [0.15, 0.2) is 11.6 Å². The maximum atomic E-state index is 14.9. The largest absolute Gasteiger partial charge is 0.481 e. The van der Waals surface area contributed by atoms with E-state index in [9.17, 15) is 19.5 Å². The van der Waals surface area contributed by atoms with Gasteiger partial charge in [-0.15, -0.1) is 0 Å². The molecular weight excluding hydrogens is 594 g/mol. The van der Waals surface area contributed by atoms with Crippen molar-refractivity contribution in [3.8, 4) is 0 Å². The van der Waals surface area contributed by atoms with Crippen LogP contribution in [0, 0.1) is 62.6 Å². The first-order valence-corrected chi connectivity index (χ1v) is 18.3. The Morgan fingerprint density at radius 3 is 2.32 bits per heavy atom. The van der Waals surface area contributed by atoms with E-state index in [2.05, 4.69) is 55.4 Å². The van der Waals surface area contributed by atoms with E-state index in [1.54, 1.807) is 0 Å². The van der Waals surface area contributed by atoms with Gasteiger partial charge in [-0.05, 0) is 91.9 Å². The van der Waals surface area contributed by atoms with Crippen molar-refractivity contribution in [1.29, 1.82) is 0 Å². The number of hydrogen-bond donors (Lipinski definition) is 2. The second kappa shape index (κ2) is 11.9. The molecule has 4 fully saturated rings. The molecule has 1 heterocycles. The van der Waals surface area contributed by atoms with Crippen LogP contribution in [-0.2, 0) is 28.6 Å². The molecular formula is C39H63NO7. The normalized spacial score (nSPS) is 45.1. The zero-order valence-electron chi connectivity index (χ0n) is 31.0. The molecule has 266 valence electrons. The molecule has 1 unspecified atom stereocenters. The van der Waals surface area contributed by atoms with Gasteiger partial charge in [0, 0.05) is 35.3 Å². The van der Waals surface area contributed by atoms with E-state index in [0.717, 1.165) is 37.7 Å². The van der Waals surface area contributed by atoms with Gasteiger partial charge in [-0.2, -0.15) is 0 Å². The highest BCUT2D eigenvalue weighted by molar-refractivity contribution is 6.00. The Morgan fingerprint density at radius 2 is 1.74 bits per heavy atom. The molecule has 0 radical (unpaired) electrons. The molecule has 0 spiro atoms. The lowest BCUT2D eigenvalue weighted by Gasteiger charge is -2.69. The minimum atomic E-state index is -1.05. The summed E-state index contributed by atoms with van der Waals surface area (Å²) in [6.45, 7) is 24.0. The molecule has 4 aliphatic carbocycles. The van der Waals surface area contributed by atoms with Crippen LogP contribution in [0.3, 0.4) is 0 Å². The minimum absolute atomic E-state index is 0.0493. The molecule has 0 aromatic rings. The number of allylic oxidation sites excluding steroid dienone is 2. The van der Waals surface area contributed by atoms with E-state index < -0.39 is 56.7 Å². The lowest BCUT2D eigenvalue weighted by molar-refractivity contribution is -0.224. The van der Waals surface area contributed by atoms with Crippen molar-refractivity contribution in [2.45, 2.75) is 132 Å². The molecule has 3 saturated carbocycles. The maximum Gasteiger partial charge on any atom is 0.308 e. The molecule has 8 nitrogen and oxygen atoms in total. The standard InChI is InChI=1S/C39H63NO7/c1-22(2)24(5)34(7)14-15-36(9)26-12-13-29-35(8)20-45-17-16-39(29,27(26)18-30(42)38(36,11)31(34)33(43)44)19-28(47-25(6)41)32(35)46-21-37(10,40)23(3)4/h18,22-24,26,28-29,31-32H,12-17,19-21,40H2,1-11H3,(H,43,44)/t24-,26+,28-,29+,31-,32+,34-,35+,36-,37?,38+,39-/m1/s1. The van der Waals surface area contributed by atoms with E-state index in [1.165, 1.54) is 6.92 Å². The van der Waals surface area contributed by atoms with Crippen molar-refractivity contribution >= 4 is 17.7 Å². The second-order valence-corrected chi connectivity index (χ2v) is 18.3. The summed E-state index contributed by atoms with van der Waals surface area (Å²) in [5.41, 5.74) is 4.26. The van der Waals surface area contributed by atoms with Crippen LogP contribution in [0.25, 0.3) is 0 Å². The van der Waals surface area contributed by atoms with Crippen LogP contribution in [0.5, 0.6) is 0 Å². The van der Waals surface area contributed by atoms with Crippen molar-refractivity contribution in [2.24, 2.45) is 68.3 Å². The van der Waals surface area contributed by atoms with Gasteiger partial charge < -0.3 is 25.1 Å². The van der Waals surface area contributed by atoms with Gasteiger partial charge in [0.15, 0.2) is 5.78 Å². The summed E-state index contributed by atoms with van der Waals surface area (Å²) in [5, 5.41) is 11.0. The summed E-state index contributed by atoms with van der Waals surface area (Å²) in [5.74, 6) is -1.24. The monoisotopic (exact) mass is 657 g/mol. The van der Waals surface area contributed by atoms with Gasteiger partial charge in [-0.1, -0.05) is 67.9 Å². The molecule has 0 aromatic heterocycles. The van der Waals surface area contributed by atoms with Gasteiger partial charge in [0.05, 0.1) is 19.1 Å². The Kier molecular flexibility index (Phi) is 9.27. The average Bonchev–Trinajstić information content (AvgIpc) is 3.07. The first-order valence-electron chi connectivity index (χ1n) is 18.3. The summed E-state index contributed by atoms with van der Waals surface area (Å²) in [6, 6.07) is 0. The molecule has 47 heavy (non-hydrogen) atoms. The number of esters is 1. The number of carboxylic acid groups (broad SMARTS) is 1. The number of aliphatic carboxylic acids is 1. The predicted molar refractivity (Wildman–Crippen MR) is 181 cm³/mol. The average molecular weight is 658 g/mol. The maximum absolute atomic E-state index is 14.9. The van der Waals surface area contributed by atoms with Crippen molar-refractivity contribution in [3.63, 3.8) is 0 Å². The molecule has 2 bridgehead atoms. The fourth-order valence-electron chi connectivity index (χ4n) is 11.7. The van der Waals surface area contributed by atoms with Gasteiger partial charge in [0.25, 0.3) is 0 Å². The number of fused-ring (bicyclic) bond motifs is 3. The first kappa shape index (κ1) is 36.5. The van der Waals surface area contributed by atoms with Gasteiger partial charge in [0.2, 0.25) is 0 Å². The van der Waals surface area contributed by atoms with E-state index in [-0.39, 0.29) is 35.4 Å². The molecule has 1 saturated heterocycles. The van der Waals surface area contributed by atoms with Gasteiger partial charge >= 0.3 is 11.9 Å². The van der Waals surface area contributed by atoms with E-state index >= 15 is 0 Å². The van der Waals surface area contributed by atoms with E-state index in [1.807, 2.05) is 19.9 Å². The number of ketones is 1. The fourth-order valence-corrected chi connectivity index (χ4v) is 11.7. The van der Waals surface area contributed by atoms with Crippen molar-refractivity contribution in [2.75, 3.05) is 19.8 Å². The Morgan fingerprint density at radius 1 is 1.09 bits per heavy atom. The SMILES string of the molecule is CC(=O)O[C@@H]1C[C@@]23CCOC[C@@](C)([C@@H]2CC[C@H]2C3=CC(=O)[C@@]3(C)[C@H](C(=O)O)[C@@](C)([C@H](C)C(C)C)CC[C@]23C)[C@H]1OCC(C)(N)C(C)C. The highest BCUT2D eigenvalue weighted by Crippen LogP contribution is 2.74. The topological polar surface area (TPSA) is 125 Å². The number of hydrogen-bond acceptors (Lipinski definition) is 7. The summed E-state index contributed by atoms with van der Waals surface area (Å²) >= 11 is 0. The lowest BCUT2D eigenvalue weighted by atomic mass is 9.34. The summed E-state index contributed by atoms with van der Waals surface area (Å²) in [4.78, 5) is 41.0.